The van der Waals surface area contributed by atoms with Crippen LogP contribution in [0.1, 0.15) is 23.0 Å². The molecule has 0 aliphatic rings. The Bertz CT molecular complexity index is 927. The van der Waals surface area contributed by atoms with Crippen molar-refractivity contribution in [2.45, 2.75) is 13.5 Å². The lowest BCUT2D eigenvalue weighted by Crippen LogP contribution is -2.08. The number of esters is 1. The normalized spacial score (nSPS) is 10.5. The first-order chi connectivity index (χ1) is 13.1. The molecule has 0 aliphatic carbocycles. The van der Waals surface area contributed by atoms with E-state index in [-0.39, 0.29) is 41.9 Å². The van der Waals surface area contributed by atoms with E-state index in [4.69, 9.17) is 18.7 Å². The Balaban J connectivity index is 2.02. The van der Waals surface area contributed by atoms with Gasteiger partial charge >= 0.3 is 5.97 Å². The number of hydrogen-bond acceptors (Lipinski definition) is 7. The van der Waals surface area contributed by atoms with Crippen LogP contribution in [-0.4, -0.2) is 29.8 Å². The minimum atomic E-state index is -0.725. The van der Waals surface area contributed by atoms with E-state index in [1.807, 2.05) is 30.3 Å². The molecule has 3 aromatic rings. The number of methoxy groups -OCH3 is 1. The number of pyridine rings is 1. The highest BCUT2D eigenvalue weighted by atomic mass is 19.1. The van der Waals surface area contributed by atoms with Gasteiger partial charge in [0.2, 0.25) is 23.1 Å². The predicted molar refractivity (Wildman–Crippen MR) is 93.0 cm³/mol. The van der Waals surface area contributed by atoms with Crippen LogP contribution in [0.2, 0.25) is 0 Å². The van der Waals surface area contributed by atoms with Gasteiger partial charge < -0.3 is 18.7 Å². The van der Waals surface area contributed by atoms with Gasteiger partial charge in [-0.2, -0.15) is 0 Å². The smallest absolute Gasteiger partial charge is 0.364 e. The Kier molecular flexibility index (Phi) is 5.65. The van der Waals surface area contributed by atoms with Crippen molar-refractivity contribution in [1.29, 1.82) is 0 Å². The number of ether oxygens (including phenoxy) is 3. The Morgan fingerprint density at radius 2 is 2.04 bits per heavy atom. The van der Waals surface area contributed by atoms with E-state index in [0.29, 0.717) is 0 Å². The Hall–Kier alpha value is -3.42. The molecule has 140 valence electrons. The molecule has 27 heavy (non-hydrogen) atoms. The monoisotopic (exact) mass is 372 g/mol. The van der Waals surface area contributed by atoms with Gasteiger partial charge in [-0.15, -0.1) is 0 Å². The molecule has 8 heteroatoms. The molecule has 3 rings (SSSR count). The summed E-state index contributed by atoms with van der Waals surface area (Å²) in [5, 5.41) is 3.72. The molecule has 0 amide bonds. The van der Waals surface area contributed by atoms with Gasteiger partial charge in [0.1, 0.15) is 6.61 Å². The number of benzene rings is 1. The van der Waals surface area contributed by atoms with E-state index in [2.05, 4.69) is 10.1 Å². The zero-order valence-electron chi connectivity index (χ0n) is 14.8. The summed E-state index contributed by atoms with van der Waals surface area (Å²) < 4.78 is 35.3. The van der Waals surface area contributed by atoms with Gasteiger partial charge in [-0.25, -0.2) is 14.2 Å². The number of rotatable bonds is 7. The lowest BCUT2D eigenvalue weighted by molar-refractivity contribution is 0.0510. The highest BCUT2D eigenvalue weighted by Gasteiger charge is 2.28. The fourth-order valence-electron chi connectivity index (χ4n) is 2.35. The third-order valence-corrected chi connectivity index (χ3v) is 3.63. The average molecular weight is 372 g/mol. The van der Waals surface area contributed by atoms with Gasteiger partial charge in [-0.1, -0.05) is 35.5 Å². The Morgan fingerprint density at radius 1 is 1.26 bits per heavy atom. The summed E-state index contributed by atoms with van der Waals surface area (Å²) in [6.45, 7) is 1.94. The maximum Gasteiger partial charge on any atom is 0.364 e. The van der Waals surface area contributed by atoms with Crippen molar-refractivity contribution in [3.8, 4) is 23.0 Å². The quantitative estimate of drug-likeness (QED) is 0.586. The first-order valence-electron chi connectivity index (χ1n) is 8.17. The fourth-order valence-corrected chi connectivity index (χ4v) is 2.35. The largest absolute Gasteiger partial charge is 0.482 e. The van der Waals surface area contributed by atoms with E-state index < -0.39 is 11.8 Å². The number of hydrogen-bond donors (Lipinski definition) is 0. The Labute approximate surface area is 154 Å². The summed E-state index contributed by atoms with van der Waals surface area (Å²) in [6.07, 6.45) is 0.988. The molecule has 0 radical (unpaired) electrons. The summed E-state index contributed by atoms with van der Waals surface area (Å²) in [4.78, 5) is 16.0. The van der Waals surface area contributed by atoms with E-state index in [1.54, 1.807) is 6.92 Å². The molecule has 0 N–H and O–H groups in total. The molecular weight excluding hydrogens is 355 g/mol. The highest BCUT2D eigenvalue weighted by molar-refractivity contribution is 5.92. The van der Waals surface area contributed by atoms with E-state index >= 15 is 0 Å². The molecule has 0 spiro atoms. The lowest BCUT2D eigenvalue weighted by Gasteiger charge is -2.08. The molecular formula is C19H17FN2O5. The van der Waals surface area contributed by atoms with Gasteiger partial charge in [-0.3, -0.25) is 0 Å². The van der Waals surface area contributed by atoms with Gasteiger partial charge in [0, 0.05) is 6.07 Å². The van der Waals surface area contributed by atoms with Crippen molar-refractivity contribution in [3.05, 3.63) is 59.7 Å². The topological polar surface area (TPSA) is 83.7 Å². The van der Waals surface area contributed by atoms with Gasteiger partial charge in [0.05, 0.1) is 25.5 Å². The van der Waals surface area contributed by atoms with Gasteiger partial charge in [-0.05, 0) is 12.5 Å². The second kappa shape index (κ2) is 8.31. The maximum absolute atomic E-state index is 14.3. The highest BCUT2D eigenvalue weighted by Crippen LogP contribution is 2.36. The summed E-state index contributed by atoms with van der Waals surface area (Å²) in [7, 11) is 1.40. The SMILES string of the molecule is CCOC(=O)c1noc(-c2cc(OC)ncc2F)c1OCc1ccccc1. The molecule has 7 nitrogen and oxygen atoms in total. The average Bonchev–Trinajstić information content (AvgIpc) is 3.11. The van der Waals surface area contributed by atoms with Crippen molar-refractivity contribution in [2.75, 3.05) is 13.7 Å². The summed E-state index contributed by atoms with van der Waals surface area (Å²) in [6, 6.07) is 10.6. The van der Waals surface area contributed by atoms with E-state index in [9.17, 15) is 9.18 Å². The van der Waals surface area contributed by atoms with Crippen LogP contribution >= 0.6 is 0 Å². The third kappa shape index (κ3) is 4.05. The third-order valence-electron chi connectivity index (χ3n) is 3.63. The molecule has 0 bridgehead atoms. The second-order valence-corrected chi connectivity index (χ2v) is 5.39. The van der Waals surface area contributed by atoms with Gasteiger partial charge in [0.15, 0.2) is 5.82 Å². The van der Waals surface area contributed by atoms with Crippen LogP contribution in [0.5, 0.6) is 11.6 Å². The minimum absolute atomic E-state index is 0.00737. The summed E-state index contributed by atoms with van der Waals surface area (Å²) in [5.74, 6) is -1.28. The lowest BCUT2D eigenvalue weighted by atomic mass is 10.1. The van der Waals surface area contributed by atoms with Crippen LogP contribution in [0.25, 0.3) is 11.3 Å². The summed E-state index contributed by atoms with van der Waals surface area (Å²) in [5.41, 5.74) is 0.693. The van der Waals surface area contributed by atoms with Crippen molar-refractivity contribution in [1.82, 2.24) is 10.1 Å². The van der Waals surface area contributed by atoms with Crippen LogP contribution < -0.4 is 9.47 Å². The van der Waals surface area contributed by atoms with E-state index in [1.165, 1.54) is 13.2 Å². The Morgan fingerprint density at radius 3 is 2.74 bits per heavy atom. The number of carbonyl (C=O) groups is 1. The fraction of sp³-hybridized carbons (Fsp3) is 0.211. The van der Waals surface area contributed by atoms with Crippen LogP contribution in [0, 0.1) is 5.82 Å². The van der Waals surface area contributed by atoms with Crippen LogP contribution in [-0.2, 0) is 11.3 Å². The van der Waals surface area contributed by atoms with Crippen molar-refractivity contribution in [3.63, 3.8) is 0 Å². The molecule has 2 heterocycles. The number of aromatic nitrogens is 2. The van der Waals surface area contributed by atoms with Crippen molar-refractivity contribution < 1.29 is 27.9 Å². The number of carbonyl (C=O) groups excluding carboxylic acids is 1. The zero-order chi connectivity index (χ0) is 19.2. The minimum Gasteiger partial charge on any atom is -0.482 e. The van der Waals surface area contributed by atoms with E-state index in [0.717, 1.165) is 11.8 Å². The number of halogens is 1. The molecule has 0 unspecified atom stereocenters. The molecule has 1 aromatic carbocycles. The predicted octanol–water partition coefficient (Wildman–Crippen LogP) is 3.64. The molecule has 2 aromatic heterocycles. The maximum atomic E-state index is 14.3. The van der Waals surface area contributed by atoms with Crippen LogP contribution in [0.15, 0.2) is 47.1 Å². The molecule has 0 aliphatic heterocycles. The molecule has 0 fully saturated rings. The van der Waals surface area contributed by atoms with Crippen molar-refractivity contribution >= 4 is 5.97 Å². The standard InChI is InChI=1S/C19H17FN2O5/c1-3-25-19(23)16-18(26-11-12-7-5-4-6-8-12)17(27-22-16)13-9-15(24-2)21-10-14(13)20/h4-10H,3,11H2,1-2H3. The second-order valence-electron chi connectivity index (χ2n) is 5.39. The number of nitrogens with zero attached hydrogens (tertiary/aromatic N) is 2. The van der Waals surface area contributed by atoms with Crippen LogP contribution in [0.3, 0.4) is 0 Å². The van der Waals surface area contributed by atoms with Crippen molar-refractivity contribution in [2.24, 2.45) is 0 Å². The van der Waals surface area contributed by atoms with Gasteiger partial charge in [0.25, 0.3) is 0 Å². The molecule has 0 atom stereocenters. The zero-order valence-corrected chi connectivity index (χ0v) is 14.8. The summed E-state index contributed by atoms with van der Waals surface area (Å²) >= 11 is 0. The first-order valence-corrected chi connectivity index (χ1v) is 8.17. The first kappa shape index (κ1) is 18.4. The molecule has 0 saturated heterocycles. The molecule has 0 saturated carbocycles. The van der Waals surface area contributed by atoms with Crippen LogP contribution in [0.4, 0.5) is 4.39 Å².